The zero-order valence-electron chi connectivity index (χ0n) is 10.5. The summed E-state index contributed by atoms with van der Waals surface area (Å²) in [6.45, 7) is -0.559. The summed E-state index contributed by atoms with van der Waals surface area (Å²) < 4.78 is 5.50. The minimum absolute atomic E-state index is 0.0975. The van der Waals surface area contributed by atoms with E-state index in [1.807, 2.05) is 18.2 Å². The molecule has 1 aromatic carbocycles. The highest BCUT2D eigenvalue weighted by atomic mass is 16.6. The maximum absolute atomic E-state index is 9.98. The Bertz CT molecular complexity index is 523. The van der Waals surface area contributed by atoms with E-state index in [1.54, 1.807) is 12.1 Å². The number of hydrogen-bond donors (Lipinski definition) is 5. The zero-order valence-corrected chi connectivity index (χ0v) is 10.5. The fourth-order valence-corrected chi connectivity index (χ4v) is 2.69. The molecule has 0 aromatic heterocycles. The van der Waals surface area contributed by atoms with Gasteiger partial charge in [-0.25, -0.2) is 4.99 Å². The quantitative estimate of drug-likeness (QED) is 0.459. The van der Waals surface area contributed by atoms with Crippen molar-refractivity contribution in [1.29, 1.82) is 0 Å². The van der Waals surface area contributed by atoms with Crippen LogP contribution in [0, 0.1) is 0 Å². The van der Waals surface area contributed by atoms with Crippen LogP contribution in [0.2, 0.25) is 0 Å². The number of hydrogen-bond acceptors (Lipinski definition) is 7. The van der Waals surface area contributed by atoms with Crippen LogP contribution in [0.3, 0.4) is 0 Å². The van der Waals surface area contributed by atoms with Crippen LogP contribution in [0.5, 0.6) is 0 Å². The van der Waals surface area contributed by atoms with Crippen molar-refractivity contribution < 1.29 is 25.2 Å². The Kier molecular flexibility index (Phi) is 3.14. The number of rotatable bonds is 2. The second-order valence-corrected chi connectivity index (χ2v) is 5.01. The second-order valence-electron chi connectivity index (χ2n) is 5.01. The summed E-state index contributed by atoms with van der Waals surface area (Å²) >= 11 is 0. The molecule has 0 radical (unpaired) electrons. The molecule has 1 fully saturated rings. The van der Waals surface area contributed by atoms with Crippen molar-refractivity contribution in [2.75, 3.05) is 11.9 Å². The minimum Gasteiger partial charge on any atom is -0.451 e. The van der Waals surface area contributed by atoms with E-state index in [4.69, 9.17) is 4.74 Å². The molecule has 1 saturated carbocycles. The lowest BCUT2D eigenvalue weighted by Crippen LogP contribution is -2.51. The molecule has 7 nitrogen and oxygen atoms in total. The molecule has 5 atom stereocenters. The van der Waals surface area contributed by atoms with Crippen LogP contribution in [0.25, 0.3) is 0 Å². The van der Waals surface area contributed by atoms with E-state index in [0.717, 1.165) is 5.69 Å². The van der Waals surface area contributed by atoms with Crippen LogP contribution < -0.4 is 5.32 Å². The maximum Gasteiger partial charge on any atom is 0.290 e. The van der Waals surface area contributed by atoms with Gasteiger partial charge < -0.3 is 30.5 Å². The van der Waals surface area contributed by atoms with Gasteiger partial charge in [0, 0.05) is 5.69 Å². The first-order valence-corrected chi connectivity index (χ1v) is 6.32. The molecule has 1 heterocycles. The summed E-state index contributed by atoms with van der Waals surface area (Å²) in [7, 11) is 0. The van der Waals surface area contributed by atoms with E-state index >= 15 is 0 Å². The Morgan fingerprint density at radius 1 is 1.15 bits per heavy atom. The van der Waals surface area contributed by atoms with Crippen molar-refractivity contribution in [1.82, 2.24) is 0 Å². The topological polar surface area (TPSA) is 115 Å². The minimum atomic E-state index is -1.50. The SMILES string of the molecule is OC[C@@]12OC(Nc3ccccc3)=N[C@@H]1[C@H](O)[C@@H](O)[C@@H]2O. The molecule has 0 spiro atoms. The van der Waals surface area contributed by atoms with Crippen LogP contribution in [-0.4, -0.2) is 63.0 Å². The highest BCUT2D eigenvalue weighted by molar-refractivity contribution is 5.91. The molecule has 2 aliphatic rings. The van der Waals surface area contributed by atoms with Crippen molar-refractivity contribution in [2.45, 2.75) is 30.0 Å². The fourth-order valence-electron chi connectivity index (χ4n) is 2.69. The van der Waals surface area contributed by atoms with Crippen molar-refractivity contribution >= 4 is 11.7 Å². The lowest BCUT2D eigenvalue weighted by molar-refractivity contribution is -0.0995. The molecule has 108 valence electrons. The summed E-state index contributed by atoms with van der Waals surface area (Å²) in [6.07, 6.45) is -4.09. The molecule has 0 amide bonds. The Hall–Kier alpha value is -1.67. The van der Waals surface area contributed by atoms with E-state index in [-0.39, 0.29) is 6.02 Å². The summed E-state index contributed by atoms with van der Waals surface area (Å²) in [5.41, 5.74) is -0.778. The van der Waals surface area contributed by atoms with Gasteiger partial charge in [-0.05, 0) is 12.1 Å². The summed E-state index contributed by atoms with van der Waals surface area (Å²) in [5.74, 6) is 0. The van der Waals surface area contributed by atoms with Crippen LogP contribution >= 0.6 is 0 Å². The first kappa shape index (κ1) is 13.3. The summed E-state index contributed by atoms with van der Waals surface area (Å²) in [6, 6.07) is 8.29. The number of ether oxygens (including phenoxy) is 1. The van der Waals surface area contributed by atoms with E-state index < -0.39 is 36.6 Å². The first-order valence-electron chi connectivity index (χ1n) is 6.32. The van der Waals surface area contributed by atoms with E-state index in [2.05, 4.69) is 10.3 Å². The number of amidine groups is 1. The molecular weight excluding hydrogens is 264 g/mol. The van der Waals surface area contributed by atoms with Gasteiger partial charge in [-0.2, -0.15) is 0 Å². The van der Waals surface area contributed by atoms with E-state index in [9.17, 15) is 20.4 Å². The highest BCUT2D eigenvalue weighted by Gasteiger charge is 2.65. The van der Waals surface area contributed by atoms with Crippen molar-refractivity contribution in [3.05, 3.63) is 30.3 Å². The van der Waals surface area contributed by atoms with Gasteiger partial charge in [-0.15, -0.1) is 0 Å². The molecule has 0 unspecified atom stereocenters. The van der Waals surface area contributed by atoms with Crippen LogP contribution in [0.15, 0.2) is 35.3 Å². The van der Waals surface area contributed by atoms with E-state index in [1.165, 1.54) is 0 Å². The predicted octanol–water partition coefficient (Wildman–Crippen LogP) is -1.32. The summed E-state index contributed by atoms with van der Waals surface area (Å²) in [4.78, 5) is 4.12. The van der Waals surface area contributed by atoms with Crippen LogP contribution in [0.1, 0.15) is 0 Å². The van der Waals surface area contributed by atoms with Crippen LogP contribution in [-0.2, 0) is 4.74 Å². The number of aliphatic hydroxyl groups is 4. The normalized spacial score (nSPS) is 39.1. The van der Waals surface area contributed by atoms with Gasteiger partial charge in [0.05, 0.1) is 6.61 Å². The van der Waals surface area contributed by atoms with Gasteiger partial charge in [-0.3, -0.25) is 0 Å². The lowest BCUT2D eigenvalue weighted by atomic mass is 9.97. The number of nitrogens with one attached hydrogen (secondary N) is 1. The van der Waals surface area contributed by atoms with Gasteiger partial charge in [0.2, 0.25) is 0 Å². The molecule has 1 aliphatic heterocycles. The molecule has 1 aliphatic carbocycles. The van der Waals surface area contributed by atoms with Crippen molar-refractivity contribution in [2.24, 2.45) is 4.99 Å². The van der Waals surface area contributed by atoms with Crippen molar-refractivity contribution in [3.8, 4) is 0 Å². The molecule has 3 rings (SSSR count). The highest BCUT2D eigenvalue weighted by Crippen LogP contribution is 2.40. The van der Waals surface area contributed by atoms with Gasteiger partial charge in [0.1, 0.15) is 24.4 Å². The number of benzene rings is 1. The predicted molar refractivity (Wildman–Crippen MR) is 70.2 cm³/mol. The molecular formula is C13H16N2O5. The van der Waals surface area contributed by atoms with Crippen molar-refractivity contribution in [3.63, 3.8) is 0 Å². The molecule has 1 aromatic rings. The monoisotopic (exact) mass is 280 g/mol. The third-order valence-corrected chi connectivity index (χ3v) is 3.81. The smallest absolute Gasteiger partial charge is 0.290 e. The fraction of sp³-hybridized carbons (Fsp3) is 0.462. The molecule has 0 bridgehead atoms. The number of nitrogens with zero attached hydrogens (tertiary/aromatic N) is 1. The van der Waals surface area contributed by atoms with E-state index in [0.29, 0.717) is 0 Å². The summed E-state index contributed by atoms with van der Waals surface area (Å²) in [5, 5.41) is 41.9. The lowest BCUT2D eigenvalue weighted by Gasteiger charge is -2.29. The third kappa shape index (κ3) is 1.79. The van der Waals surface area contributed by atoms with Crippen LogP contribution in [0.4, 0.5) is 5.69 Å². The largest absolute Gasteiger partial charge is 0.451 e. The van der Waals surface area contributed by atoms with Gasteiger partial charge in [0.15, 0.2) is 5.60 Å². The van der Waals surface area contributed by atoms with Gasteiger partial charge >= 0.3 is 0 Å². The molecule has 5 N–H and O–H groups in total. The molecule has 20 heavy (non-hydrogen) atoms. The maximum atomic E-state index is 9.98. The molecule has 7 heteroatoms. The average molecular weight is 280 g/mol. The number of anilines is 1. The number of para-hydroxylation sites is 1. The van der Waals surface area contributed by atoms with Gasteiger partial charge in [0.25, 0.3) is 6.02 Å². The standard InChI is InChI=1S/C13H16N2O5/c16-6-13-10(8(17)9(18)11(13)19)15-12(20-13)14-7-4-2-1-3-5-7/h1-5,8-11,16-19H,6H2,(H,14,15)/t8-,9-,10-,11+,13-/m1/s1. The molecule has 0 saturated heterocycles. The number of aliphatic hydroxyl groups excluding tert-OH is 4. The Labute approximate surface area is 115 Å². The van der Waals surface area contributed by atoms with Gasteiger partial charge in [-0.1, -0.05) is 18.2 Å². The Morgan fingerprint density at radius 2 is 1.85 bits per heavy atom. The third-order valence-electron chi connectivity index (χ3n) is 3.81. The zero-order chi connectivity index (χ0) is 14.3. The average Bonchev–Trinajstić information content (AvgIpc) is 2.92. The Balaban J connectivity index is 1.85. The number of fused-ring (bicyclic) bond motifs is 1. The Morgan fingerprint density at radius 3 is 2.45 bits per heavy atom. The number of aliphatic imine (C=N–C) groups is 1. The first-order chi connectivity index (χ1) is 9.58. The second kappa shape index (κ2) is 4.71.